The van der Waals surface area contributed by atoms with Gasteiger partial charge in [0, 0.05) is 31.5 Å². The van der Waals surface area contributed by atoms with Gasteiger partial charge in [0.05, 0.1) is 0 Å². The minimum Gasteiger partial charge on any atom is -0.315 e. The lowest BCUT2D eigenvalue weighted by Crippen LogP contribution is -2.26. The molecule has 0 saturated carbocycles. The van der Waals surface area contributed by atoms with E-state index in [1.165, 1.54) is 0 Å². The van der Waals surface area contributed by atoms with E-state index in [0.717, 1.165) is 17.7 Å². The van der Waals surface area contributed by atoms with Crippen molar-refractivity contribution in [2.75, 3.05) is 11.9 Å². The Morgan fingerprint density at radius 3 is 2.61 bits per heavy atom. The Morgan fingerprint density at radius 2 is 1.94 bits per heavy atom. The monoisotopic (exact) mass is 240 g/mol. The molecule has 0 bridgehead atoms. The zero-order chi connectivity index (χ0) is 12.8. The van der Waals surface area contributed by atoms with Gasteiger partial charge in [0.2, 0.25) is 5.91 Å². The lowest BCUT2D eigenvalue weighted by Gasteiger charge is -2.17. The van der Waals surface area contributed by atoms with Crippen molar-refractivity contribution in [1.29, 1.82) is 0 Å². The molecular formula is C15H16N2O. The molecule has 92 valence electrons. The van der Waals surface area contributed by atoms with Crippen molar-refractivity contribution in [3.8, 4) is 0 Å². The fourth-order valence-electron chi connectivity index (χ4n) is 1.76. The number of nitrogens with zero attached hydrogens (tertiary/aromatic N) is 2. The van der Waals surface area contributed by atoms with Gasteiger partial charge in [-0.3, -0.25) is 9.78 Å². The number of anilines is 1. The molecule has 0 fully saturated rings. The van der Waals surface area contributed by atoms with Gasteiger partial charge in [0.25, 0.3) is 0 Å². The number of benzene rings is 1. The van der Waals surface area contributed by atoms with Crippen molar-refractivity contribution in [3.05, 3.63) is 60.4 Å². The molecule has 2 rings (SSSR count). The third kappa shape index (κ3) is 3.17. The van der Waals surface area contributed by atoms with Crippen molar-refractivity contribution in [2.45, 2.75) is 12.8 Å². The molecule has 2 aromatic rings. The highest BCUT2D eigenvalue weighted by molar-refractivity contribution is 5.92. The van der Waals surface area contributed by atoms with Crippen LogP contribution in [0, 0.1) is 0 Å². The van der Waals surface area contributed by atoms with Gasteiger partial charge in [-0.05, 0) is 30.2 Å². The van der Waals surface area contributed by atoms with Crippen LogP contribution < -0.4 is 4.90 Å². The molecule has 1 aromatic heterocycles. The molecule has 0 aliphatic carbocycles. The zero-order valence-electron chi connectivity index (χ0n) is 10.4. The number of pyridine rings is 1. The Labute approximate surface area is 107 Å². The van der Waals surface area contributed by atoms with Crippen LogP contribution in [0.15, 0.2) is 54.9 Å². The van der Waals surface area contributed by atoms with Gasteiger partial charge in [-0.25, -0.2) is 0 Å². The number of rotatable bonds is 4. The molecule has 0 saturated heterocycles. The molecule has 3 nitrogen and oxygen atoms in total. The van der Waals surface area contributed by atoms with E-state index in [4.69, 9.17) is 0 Å². The van der Waals surface area contributed by atoms with Gasteiger partial charge in [0.15, 0.2) is 0 Å². The van der Waals surface area contributed by atoms with Crippen molar-refractivity contribution in [3.63, 3.8) is 0 Å². The van der Waals surface area contributed by atoms with Gasteiger partial charge in [-0.15, -0.1) is 0 Å². The highest BCUT2D eigenvalue weighted by Gasteiger charge is 2.10. The molecule has 0 radical (unpaired) electrons. The Kier molecular flexibility index (Phi) is 4.07. The second kappa shape index (κ2) is 5.96. The van der Waals surface area contributed by atoms with Crippen LogP contribution in [0.2, 0.25) is 0 Å². The first-order chi connectivity index (χ1) is 8.77. The molecular weight excluding hydrogens is 224 g/mol. The summed E-state index contributed by atoms with van der Waals surface area (Å²) >= 11 is 0. The van der Waals surface area contributed by atoms with Crippen molar-refractivity contribution < 1.29 is 4.79 Å². The van der Waals surface area contributed by atoms with E-state index < -0.39 is 0 Å². The molecule has 1 heterocycles. The first-order valence-electron chi connectivity index (χ1n) is 5.98. The number of aryl methyl sites for hydroxylation is 1. The minimum absolute atomic E-state index is 0.116. The van der Waals surface area contributed by atoms with Crippen LogP contribution in [0.3, 0.4) is 0 Å². The fraction of sp³-hybridized carbons (Fsp3) is 0.200. The Balaban J connectivity index is 1.93. The van der Waals surface area contributed by atoms with Gasteiger partial charge >= 0.3 is 0 Å². The third-order valence-corrected chi connectivity index (χ3v) is 2.87. The van der Waals surface area contributed by atoms with Gasteiger partial charge in [0.1, 0.15) is 0 Å². The number of hydrogen-bond donors (Lipinski definition) is 0. The van der Waals surface area contributed by atoms with E-state index in [1.807, 2.05) is 42.5 Å². The summed E-state index contributed by atoms with van der Waals surface area (Å²) in [5.41, 5.74) is 2.01. The first-order valence-corrected chi connectivity index (χ1v) is 5.98. The van der Waals surface area contributed by atoms with Crippen LogP contribution in [0.1, 0.15) is 12.0 Å². The molecule has 0 N–H and O–H groups in total. The van der Waals surface area contributed by atoms with Gasteiger partial charge in [-0.1, -0.05) is 24.3 Å². The summed E-state index contributed by atoms with van der Waals surface area (Å²) in [7, 11) is 1.81. The predicted octanol–water partition coefficient (Wildman–Crippen LogP) is 2.68. The molecule has 3 heteroatoms. The zero-order valence-corrected chi connectivity index (χ0v) is 10.4. The first kappa shape index (κ1) is 12.3. The van der Waals surface area contributed by atoms with Crippen LogP contribution in [0.5, 0.6) is 0 Å². The van der Waals surface area contributed by atoms with Gasteiger partial charge in [-0.2, -0.15) is 0 Å². The average molecular weight is 240 g/mol. The number of para-hydroxylation sites is 1. The van der Waals surface area contributed by atoms with E-state index in [-0.39, 0.29) is 5.91 Å². The second-order valence-electron chi connectivity index (χ2n) is 4.15. The summed E-state index contributed by atoms with van der Waals surface area (Å²) in [6.07, 6.45) is 4.76. The van der Waals surface area contributed by atoms with Crippen molar-refractivity contribution in [2.24, 2.45) is 0 Å². The highest BCUT2D eigenvalue weighted by atomic mass is 16.2. The van der Waals surface area contributed by atoms with E-state index in [0.29, 0.717) is 6.42 Å². The maximum atomic E-state index is 12.0. The molecule has 0 atom stereocenters. The predicted molar refractivity (Wildman–Crippen MR) is 72.4 cm³/mol. The van der Waals surface area contributed by atoms with Crippen LogP contribution in [-0.4, -0.2) is 17.9 Å². The molecule has 18 heavy (non-hydrogen) atoms. The Hall–Kier alpha value is -2.16. The van der Waals surface area contributed by atoms with E-state index in [1.54, 1.807) is 24.3 Å². The van der Waals surface area contributed by atoms with Crippen LogP contribution in [0.25, 0.3) is 0 Å². The van der Waals surface area contributed by atoms with E-state index >= 15 is 0 Å². The maximum Gasteiger partial charge on any atom is 0.227 e. The summed E-state index contributed by atoms with van der Waals surface area (Å²) in [6.45, 7) is 0. The van der Waals surface area contributed by atoms with E-state index in [2.05, 4.69) is 4.98 Å². The SMILES string of the molecule is CN(C(=O)CCc1cccnc1)c1ccccc1. The summed E-state index contributed by atoms with van der Waals surface area (Å²) < 4.78 is 0. The Morgan fingerprint density at radius 1 is 1.17 bits per heavy atom. The molecule has 1 amide bonds. The maximum absolute atomic E-state index is 12.0. The summed E-state index contributed by atoms with van der Waals surface area (Å²) in [5.74, 6) is 0.116. The highest BCUT2D eigenvalue weighted by Crippen LogP contribution is 2.13. The normalized spacial score (nSPS) is 10.1. The lowest BCUT2D eigenvalue weighted by atomic mass is 10.1. The van der Waals surface area contributed by atoms with Gasteiger partial charge < -0.3 is 4.90 Å². The number of amides is 1. The van der Waals surface area contributed by atoms with Crippen LogP contribution >= 0.6 is 0 Å². The fourth-order valence-corrected chi connectivity index (χ4v) is 1.76. The van der Waals surface area contributed by atoms with Crippen molar-refractivity contribution >= 4 is 11.6 Å². The second-order valence-corrected chi connectivity index (χ2v) is 4.15. The lowest BCUT2D eigenvalue weighted by molar-refractivity contribution is -0.118. The number of aromatic nitrogens is 1. The van der Waals surface area contributed by atoms with E-state index in [9.17, 15) is 4.79 Å². The molecule has 0 aliphatic rings. The van der Waals surface area contributed by atoms with Crippen LogP contribution in [-0.2, 0) is 11.2 Å². The quantitative estimate of drug-likeness (QED) is 0.823. The standard InChI is InChI=1S/C15H16N2O/c1-17(14-7-3-2-4-8-14)15(18)10-9-13-6-5-11-16-12-13/h2-8,11-12H,9-10H2,1H3. The van der Waals surface area contributed by atoms with Crippen molar-refractivity contribution in [1.82, 2.24) is 4.98 Å². The molecule has 0 unspecified atom stereocenters. The summed E-state index contributed by atoms with van der Waals surface area (Å²) in [6, 6.07) is 13.5. The third-order valence-electron chi connectivity index (χ3n) is 2.87. The number of carbonyl (C=O) groups is 1. The smallest absolute Gasteiger partial charge is 0.227 e. The minimum atomic E-state index is 0.116. The number of carbonyl (C=O) groups excluding carboxylic acids is 1. The van der Waals surface area contributed by atoms with Crippen LogP contribution in [0.4, 0.5) is 5.69 Å². The molecule has 0 spiro atoms. The molecule has 0 aliphatic heterocycles. The Bertz CT molecular complexity index is 496. The summed E-state index contributed by atoms with van der Waals surface area (Å²) in [5, 5.41) is 0. The average Bonchev–Trinajstić information content (AvgIpc) is 2.46. The number of hydrogen-bond acceptors (Lipinski definition) is 2. The topological polar surface area (TPSA) is 33.2 Å². The summed E-state index contributed by atoms with van der Waals surface area (Å²) in [4.78, 5) is 17.8. The largest absolute Gasteiger partial charge is 0.315 e. The molecule has 1 aromatic carbocycles.